The molecule has 2 amide bonds. The number of amides is 2. The van der Waals surface area contributed by atoms with Crippen LogP contribution in [0.4, 0.5) is 0 Å². The number of piperazine rings is 2. The number of carbonyl (C=O) groups excluding carboxylic acids is 2. The number of hydrogen-bond donors (Lipinski definition) is 3. The van der Waals surface area contributed by atoms with Gasteiger partial charge in [0.2, 0.25) is 11.8 Å². The number of benzene rings is 8. The number of pyridine rings is 3. The summed E-state index contributed by atoms with van der Waals surface area (Å²) < 4.78 is 49.6. The molecule has 7 heterocycles. The maximum Gasteiger partial charge on any atom is 0.297 e. The number of rotatable bonds is 18. The second kappa shape index (κ2) is 34.8. The van der Waals surface area contributed by atoms with Crippen molar-refractivity contribution in [1.82, 2.24) is 35.0 Å². The van der Waals surface area contributed by atoms with Crippen LogP contribution in [0.5, 0.6) is 17.2 Å². The summed E-state index contributed by atoms with van der Waals surface area (Å²) >= 11 is 0. The Labute approximate surface area is 572 Å². The molecule has 4 aliphatic rings. The van der Waals surface area contributed by atoms with Crippen molar-refractivity contribution in [2.75, 3.05) is 91.9 Å². The Morgan fingerprint density at radius 1 is 0.500 bits per heavy atom. The van der Waals surface area contributed by atoms with E-state index in [4.69, 9.17) is 23.1 Å². The molecule has 504 valence electrons. The van der Waals surface area contributed by atoms with Gasteiger partial charge in [0.25, 0.3) is 10.1 Å². The first kappa shape index (κ1) is 69.4. The molecule has 19 heteroatoms. The third-order valence-corrected chi connectivity index (χ3v) is 18.1. The molecule has 3 aromatic heterocycles. The average Bonchev–Trinajstić information content (AvgIpc) is 1.08. The molecule has 4 saturated heterocycles. The first-order valence-electron chi connectivity index (χ1n) is 33.0. The van der Waals surface area contributed by atoms with E-state index in [0.29, 0.717) is 32.8 Å². The van der Waals surface area contributed by atoms with Crippen LogP contribution in [0.2, 0.25) is 0 Å². The van der Waals surface area contributed by atoms with Gasteiger partial charge >= 0.3 is 0 Å². The van der Waals surface area contributed by atoms with Gasteiger partial charge in [-0.1, -0.05) is 157 Å². The highest BCUT2D eigenvalue weighted by Crippen LogP contribution is 2.31. The number of carbonyl (C=O) groups is 2. The van der Waals surface area contributed by atoms with Crippen LogP contribution >= 0.6 is 0 Å². The largest absolute Gasteiger partial charge is 0.507 e. The number of phenolic OH excluding ortho intramolecular Hbond substituents is 1. The summed E-state index contributed by atoms with van der Waals surface area (Å²) in [6, 6.07) is 75.0. The van der Waals surface area contributed by atoms with Crippen LogP contribution in [0, 0.1) is 6.92 Å². The van der Waals surface area contributed by atoms with Gasteiger partial charge in [-0.25, -0.2) is 0 Å². The number of nitrogens with zero attached hydrogens (tertiary/aromatic N) is 6. The smallest absolute Gasteiger partial charge is 0.297 e. The standard InChI is InChI=1S/C30H31N3O3.C18H20N2O.C12H11NO2.C10H12O4S.C9H7NO/c34-25(22-36-28-15-7-14-27-26(28)13-8-16-31-27)21-32-17-19-33(20-18-32)30(35)29(23-9-3-1-4-10-23)24-11-5-2-6-12-24;21-18(20-13-11-19-12-14-20)17(15-7-3-1-4-8-15)16-9-5-2-6-10-16;1-4-11-10(3-2-6-13-11)12(5-1)15-8-9-7-14-9;1-8-2-4-10(5-3-8)15(11,12)14-7-9-6-13-9;11-9-5-1-4-8-7(9)3-2-6-10-8/h1-16,25,29,34H,17-22H2;1-10,17,19H,11-14H2;1-6,9H,7-8H2;2-5,9H,6-7H2,1H3;1-6,11H. The van der Waals surface area contributed by atoms with Gasteiger partial charge in [0.1, 0.15) is 48.8 Å². The Kier molecular flexibility index (Phi) is 24.7. The van der Waals surface area contributed by atoms with Crippen molar-refractivity contribution >= 4 is 54.6 Å². The Hall–Kier alpha value is -9.96. The SMILES string of the molecule is Cc1ccc(S(=O)(=O)OCC2CO2)cc1.O=C(C(c1ccccc1)c1ccccc1)N1CCN(CC(O)COc2cccc3ncccc23)CC1.O=C(C(c1ccccc1)c1ccccc1)N1CCNCC1.Oc1cccc2ncccc12.c1cc(OCC2CO2)c2cccnc2c1. The molecule has 0 aliphatic carbocycles. The Bertz CT molecular complexity index is 4320. The molecule has 98 heavy (non-hydrogen) atoms. The topological polar surface area (TPSA) is 222 Å². The molecular formula is C79H81N7O11S. The average molecular weight is 1340 g/mol. The van der Waals surface area contributed by atoms with Gasteiger partial charge in [-0.15, -0.1) is 0 Å². The van der Waals surface area contributed by atoms with Crippen LogP contribution in [-0.4, -0.2) is 170 Å². The predicted molar refractivity (Wildman–Crippen MR) is 380 cm³/mol. The van der Waals surface area contributed by atoms with Gasteiger partial charge in [0.15, 0.2) is 0 Å². The van der Waals surface area contributed by atoms with Gasteiger partial charge in [-0.05, 0) is 114 Å². The van der Waals surface area contributed by atoms with E-state index in [0.717, 1.165) is 118 Å². The van der Waals surface area contributed by atoms with Crippen LogP contribution in [0.15, 0.2) is 260 Å². The van der Waals surface area contributed by atoms with E-state index >= 15 is 0 Å². The molecule has 0 radical (unpaired) electrons. The molecule has 3 unspecified atom stereocenters. The van der Waals surface area contributed by atoms with Crippen molar-refractivity contribution in [3.05, 3.63) is 283 Å². The zero-order chi connectivity index (χ0) is 67.9. The van der Waals surface area contributed by atoms with Gasteiger partial charge in [-0.3, -0.25) is 33.6 Å². The lowest BCUT2D eigenvalue weighted by atomic mass is 9.90. The number of ether oxygens (including phenoxy) is 4. The van der Waals surface area contributed by atoms with E-state index in [1.807, 2.05) is 217 Å². The molecule has 11 aromatic rings. The number of fused-ring (bicyclic) bond motifs is 3. The zero-order valence-corrected chi connectivity index (χ0v) is 55.5. The van der Waals surface area contributed by atoms with E-state index in [2.05, 4.69) is 25.2 Å². The first-order valence-corrected chi connectivity index (χ1v) is 34.4. The summed E-state index contributed by atoms with van der Waals surface area (Å²) in [6.45, 7) is 10.8. The third kappa shape index (κ3) is 19.9. The van der Waals surface area contributed by atoms with E-state index in [9.17, 15) is 28.2 Å². The molecule has 0 bridgehead atoms. The molecule has 15 rings (SSSR count). The molecule has 0 saturated carbocycles. The van der Waals surface area contributed by atoms with Crippen LogP contribution < -0.4 is 14.8 Å². The number of aromatic nitrogens is 3. The van der Waals surface area contributed by atoms with Crippen LogP contribution in [-0.2, 0) is 33.4 Å². The van der Waals surface area contributed by atoms with Gasteiger partial charge in [0, 0.05) is 93.7 Å². The number of aliphatic hydroxyl groups is 1. The Morgan fingerprint density at radius 2 is 0.918 bits per heavy atom. The minimum Gasteiger partial charge on any atom is -0.507 e. The maximum atomic E-state index is 13.6. The molecule has 18 nitrogen and oxygen atoms in total. The minimum absolute atomic E-state index is 0.0507. The molecule has 0 spiro atoms. The van der Waals surface area contributed by atoms with Crippen LogP contribution in [0.3, 0.4) is 0 Å². The number of aliphatic hydroxyl groups excluding tert-OH is 1. The van der Waals surface area contributed by atoms with Crippen molar-refractivity contribution in [3.63, 3.8) is 0 Å². The fourth-order valence-corrected chi connectivity index (χ4v) is 12.4. The second-order valence-corrected chi connectivity index (χ2v) is 25.6. The monoisotopic (exact) mass is 1340 g/mol. The molecular weight excluding hydrogens is 1250 g/mol. The Balaban J connectivity index is 0.000000133. The van der Waals surface area contributed by atoms with E-state index in [1.54, 1.807) is 55.0 Å². The van der Waals surface area contributed by atoms with Crippen LogP contribution in [0.1, 0.15) is 39.7 Å². The highest BCUT2D eigenvalue weighted by Gasteiger charge is 2.32. The highest BCUT2D eigenvalue weighted by atomic mass is 32.2. The number of aromatic hydroxyl groups is 1. The van der Waals surface area contributed by atoms with E-state index in [1.165, 1.54) is 0 Å². The number of aryl methyl sites for hydroxylation is 1. The second-order valence-electron chi connectivity index (χ2n) is 23.9. The fourth-order valence-electron chi connectivity index (χ4n) is 11.4. The number of phenols is 1. The van der Waals surface area contributed by atoms with Crippen LogP contribution in [0.25, 0.3) is 32.7 Å². The van der Waals surface area contributed by atoms with E-state index in [-0.39, 0.29) is 59.7 Å². The number of hydrogen-bond acceptors (Lipinski definition) is 16. The summed E-state index contributed by atoms with van der Waals surface area (Å²) in [7, 11) is -3.61. The molecule has 4 fully saturated rings. The lowest BCUT2D eigenvalue weighted by Crippen LogP contribution is -2.52. The fraction of sp³-hybridized carbons (Fsp3) is 0.253. The molecule has 3 N–H and O–H groups in total. The summed E-state index contributed by atoms with van der Waals surface area (Å²) in [5.41, 5.74) is 7.81. The predicted octanol–water partition coefficient (Wildman–Crippen LogP) is 11.3. The molecule has 8 aromatic carbocycles. The van der Waals surface area contributed by atoms with Crippen molar-refractivity contribution in [2.45, 2.75) is 42.0 Å². The number of nitrogens with one attached hydrogen (secondary N) is 1. The van der Waals surface area contributed by atoms with Crippen molar-refractivity contribution < 1.29 is 51.4 Å². The quantitative estimate of drug-likeness (QED) is 0.0537. The lowest BCUT2D eigenvalue weighted by Gasteiger charge is -2.37. The summed E-state index contributed by atoms with van der Waals surface area (Å²) in [4.78, 5) is 45.6. The number of epoxide rings is 2. The number of β-amino-alcohol motifs (C(OH)–C–C–N with tert-alkyl or cyclic N) is 1. The summed E-state index contributed by atoms with van der Waals surface area (Å²) in [5, 5.41) is 26.1. The van der Waals surface area contributed by atoms with Gasteiger partial charge in [-0.2, -0.15) is 8.42 Å². The van der Waals surface area contributed by atoms with Gasteiger partial charge < -0.3 is 44.3 Å². The molecule has 3 atom stereocenters. The summed E-state index contributed by atoms with van der Waals surface area (Å²) in [6.07, 6.45) is 4.87. The first-order chi connectivity index (χ1) is 47.9. The molecule has 4 aliphatic heterocycles. The van der Waals surface area contributed by atoms with Gasteiger partial charge in [0.05, 0.1) is 53.1 Å². The van der Waals surface area contributed by atoms with E-state index < -0.39 is 16.2 Å². The normalized spacial score (nSPS) is 16.0. The van der Waals surface area contributed by atoms with Crippen molar-refractivity contribution in [1.29, 1.82) is 0 Å². The third-order valence-electron chi connectivity index (χ3n) is 16.8. The zero-order valence-electron chi connectivity index (χ0n) is 54.7. The lowest BCUT2D eigenvalue weighted by molar-refractivity contribution is -0.134. The van der Waals surface area contributed by atoms with Crippen molar-refractivity contribution in [2.24, 2.45) is 0 Å². The van der Waals surface area contributed by atoms with Crippen molar-refractivity contribution in [3.8, 4) is 17.2 Å². The summed E-state index contributed by atoms with van der Waals surface area (Å²) in [5.74, 6) is 1.71. The Morgan fingerprint density at radius 3 is 1.38 bits per heavy atom. The maximum absolute atomic E-state index is 13.6. The minimum atomic E-state index is -3.61. The highest BCUT2D eigenvalue weighted by molar-refractivity contribution is 7.86.